The number of hydrogen-bond donors (Lipinski definition) is 1. The molecule has 0 bridgehead atoms. The highest BCUT2D eigenvalue weighted by Crippen LogP contribution is 2.25. The SMILES string of the molecule is CCCNc1nc(Cl)nc(Sc2ccc(Br)cn2)n1. The molecule has 0 saturated carbocycles. The Hall–Kier alpha value is -0.920. The molecule has 0 amide bonds. The molecule has 2 rings (SSSR count). The minimum absolute atomic E-state index is 0.174. The summed E-state index contributed by atoms with van der Waals surface area (Å²) in [7, 11) is 0. The summed E-state index contributed by atoms with van der Waals surface area (Å²) in [5, 5.41) is 4.58. The Morgan fingerprint density at radius 3 is 2.84 bits per heavy atom. The predicted octanol–water partition coefficient (Wildman–Crippen LogP) is 3.66. The van der Waals surface area contributed by atoms with Gasteiger partial charge < -0.3 is 5.32 Å². The highest BCUT2D eigenvalue weighted by molar-refractivity contribution is 9.10. The number of halogens is 2. The molecule has 0 spiro atoms. The highest BCUT2D eigenvalue weighted by atomic mass is 79.9. The van der Waals surface area contributed by atoms with Crippen LogP contribution < -0.4 is 5.32 Å². The fraction of sp³-hybridized carbons (Fsp3) is 0.273. The number of hydrogen-bond acceptors (Lipinski definition) is 6. The molecule has 100 valence electrons. The molecular weight excluding hydrogens is 350 g/mol. The van der Waals surface area contributed by atoms with Gasteiger partial charge in [0.2, 0.25) is 11.2 Å². The van der Waals surface area contributed by atoms with Crippen molar-refractivity contribution in [3.63, 3.8) is 0 Å². The van der Waals surface area contributed by atoms with Crippen molar-refractivity contribution in [3.05, 3.63) is 28.1 Å². The highest BCUT2D eigenvalue weighted by Gasteiger charge is 2.07. The molecule has 8 heteroatoms. The predicted molar refractivity (Wildman–Crippen MR) is 79.7 cm³/mol. The number of nitrogens with one attached hydrogen (secondary N) is 1. The average Bonchev–Trinajstić information content (AvgIpc) is 2.38. The van der Waals surface area contributed by atoms with Gasteiger partial charge in [-0.25, -0.2) is 4.98 Å². The van der Waals surface area contributed by atoms with E-state index in [2.05, 4.69) is 48.1 Å². The van der Waals surface area contributed by atoms with Crippen molar-refractivity contribution in [1.29, 1.82) is 0 Å². The summed E-state index contributed by atoms with van der Waals surface area (Å²) in [4.78, 5) is 16.6. The number of rotatable bonds is 5. The number of pyridine rings is 1. The normalized spacial score (nSPS) is 10.5. The first-order chi connectivity index (χ1) is 9.17. The van der Waals surface area contributed by atoms with Crippen LogP contribution in [0.2, 0.25) is 5.28 Å². The molecule has 2 aromatic rings. The second-order valence-electron chi connectivity index (χ2n) is 3.55. The molecule has 2 aromatic heterocycles. The quantitative estimate of drug-likeness (QED) is 0.878. The Balaban J connectivity index is 2.15. The molecule has 5 nitrogen and oxygen atoms in total. The van der Waals surface area contributed by atoms with Gasteiger partial charge in [-0.05, 0) is 57.8 Å². The third-order valence-electron chi connectivity index (χ3n) is 2.02. The van der Waals surface area contributed by atoms with Crippen molar-refractivity contribution in [2.75, 3.05) is 11.9 Å². The summed E-state index contributed by atoms with van der Waals surface area (Å²) in [5.74, 6) is 0.487. The van der Waals surface area contributed by atoms with Crippen molar-refractivity contribution < 1.29 is 0 Å². The summed E-state index contributed by atoms with van der Waals surface area (Å²) in [6, 6.07) is 3.79. The van der Waals surface area contributed by atoms with Gasteiger partial charge in [-0.2, -0.15) is 15.0 Å². The lowest BCUT2D eigenvalue weighted by molar-refractivity contribution is 0.876. The zero-order chi connectivity index (χ0) is 13.7. The van der Waals surface area contributed by atoms with Gasteiger partial charge >= 0.3 is 0 Å². The van der Waals surface area contributed by atoms with E-state index in [0.717, 1.165) is 22.5 Å². The minimum atomic E-state index is 0.174. The number of aromatic nitrogens is 4. The lowest BCUT2D eigenvalue weighted by Crippen LogP contribution is -2.06. The molecule has 0 aliphatic carbocycles. The molecule has 0 atom stereocenters. The van der Waals surface area contributed by atoms with Crippen LogP contribution in [-0.2, 0) is 0 Å². The smallest absolute Gasteiger partial charge is 0.228 e. The van der Waals surface area contributed by atoms with Crippen LogP contribution >= 0.6 is 39.3 Å². The molecule has 2 heterocycles. The summed E-state index contributed by atoms with van der Waals surface area (Å²) in [5.41, 5.74) is 0. The van der Waals surface area contributed by atoms with Crippen LogP contribution in [0.25, 0.3) is 0 Å². The zero-order valence-electron chi connectivity index (χ0n) is 10.1. The van der Waals surface area contributed by atoms with E-state index in [1.807, 2.05) is 12.1 Å². The van der Waals surface area contributed by atoms with Crippen LogP contribution in [-0.4, -0.2) is 26.5 Å². The van der Waals surface area contributed by atoms with Gasteiger partial charge in [-0.1, -0.05) is 6.92 Å². The third kappa shape index (κ3) is 4.59. The van der Waals surface area contributed by atoms with E-state index in [1.54, 1.807) is 6.20 Å². The van der Waals surface area contributed by atoms with Crippen LogP contribution in [0, 0.1) is 0 Å². The summed E-state index contributed by atoms with van der Waals surface area (Å²) < 4.78 is 0.927. The van der Waals surface area contributed by atoms with Crippen molar-refractivity contribution in [2.24, 2.45) is 0 Å². The standard InChI is InChI=1S/C11H11BrClN5S/c1-2-5-14-10-16-9(13)17-11(18-10)19-8-4-3-7(12)6-15-8/h3-4,6H,2,5H2,1H3,(H,14,16,17,18). The Labute approximate surface area is 128 Å². The Morgan fingerprint density at radius 1 is 1.32 bits per heavy atom. The Kier molecular flexibility index (Phi) is 5.35. The van der Waals surface area contributed by atoms with Gasteiger partial charge in [0.15, 0.2) is 5.16 Å². The van der Waals surface area contributed by atoms with E-state index >= 15 is 0 Å². The molecule has 19 heavy (non-hydrogen) atoms. The maximum absolute atomic E-state index is 5.88. The molecule has 0 unspecified atom stereocenters. The molecular formula is C11H11BrClN5S. The molecule has 0 fully saturated rings. The number of nitrogens with zero attached hydrogens (tertiary/aromatic N) is 4. The summed E-state index contributed by atoms with van der Waals surface area (Å²) >= 11 is 10.6. The van der Waals surface area contributed by atoms with Gasteiger partial charge in [0.05, 0.1) is 0 Å². The van der Waals surface area contributed by atoms with Crippen molar-refractivity contribution in [1.82, 2.24) is 19.9 Å². The topological polar surface area (TPSA) is 63.6 Å². The maximum Gasteiger partial charge on any atom is 0.228 e. The fourth-order valence-corrected chi connectivity index (χ4v) is 2.35. The Bertz CT molecular complexity index is 551. The minimum Gasteiger partial charge on any atom is -0.354 e. The summed E-state index contributed by atoms with van der Waals surface area (Å²) in [6.07, 6.45) is 2.71. The van der Waals surface area contributed by atoms with Gasteiger partial charge in [0.25, 0.3) is 0 Å². The third-order valence-corrected chi connectivity index (χ3v) is 3.47. The largest absolute Gasteiger partial charge is 0.354 e. The monoisotopic (exact) mass is 359 g/mol. The van der Waals surface area contributed by atoms with Crippen LogP contribution in [0.4, 0.5) is 5.95 Å². The Morgan fingerprint density at radius 2 is 2.16 bits per heavy atom. The summed E-state index contributed by atoms with van der Waals surface area (Å²) in [6.45, 7) is 2.86. The van der Waals surface area contributed by atoms with Crippen LogP contribution in [0.1, 0.15) is 13.3 Å². The van der Waals surface area contributed by atoms with Gasteiger partial charge in [-0.15, -0.1) is 0 Å². The lowest BCUT2D eigenvalue weighted by atomic mass is 10.5. The van der Waals surface area contributed by atoms with E-state index in [4.69, 9.17) is 11.6 Å². The van der Waals surface area contributed by atoms with E-state index in [9.17, 15) is 0 Å². The van der Waals surface area contributed by atoms with E-state index in [0.29, 0.717) is 11.1 Å². The van der Waals surface area contributed by atoms with Gasteiger partial charge in [0.1, 0.15) is 5.03 Å². The van der Waals surface area contributed by atoms with Crippen molar-refractivity contribution >= 4 is 45.2 Å². The molecule has 0 saturated heterocycles. The molecule has 0 aromatic carbocycles. The molecule has 0 aliphatic rings. The molecule has 0 aliphatic heterocycles. The van der Waals surface area contributed by atoms with Gasteiger partial charge in [0, 0.05) is 17.2 Å². The lowest BCUT2D eigenvalue weighted by Gasteiger charge is -2.05. The second-order valence-corrected chi connectivity index (χ2v) is 5.80. The van der Waals surface area contributed by atoms with Crippen molar-refractivity contribution in [3.8, 4) is 0 Å². The van der Waals surface area contributed by atoms with E-state index in [1.165, 1.54) is 11.8 Å². The van der Waals surface area contributed by atoms with Crippen molar-refractivity contribution in [2.45, 2.75) is 23.5 Å². The first-order valence-electron chi connectivity index (χ1n) is 5.62. The first kappa shape index (κ1) is 14.5. The molecule has 1 N–H and O–H groups in total. The maximum atomic E-state index is 5.88. The second kappa shape index (κ2) is 7.02. The van der Waals surface area contributed by atoms with Gasteiger partial charge in [-0.3, -0.25) is 0 Å². The van der Waals surface area contributed by atoms with E-state index < -0.39 is 0 Å². The van der Waals surface area contributed by atoms with Crippen LogP contribution in [0.3, 0.4) is 0 Å². The molecule has 0 radical (unpaired) electrons. The van der Waals surface area contributed by atoms with E-state index in [-0.39, 0.29) is 5.28 Å². The van der Waals surface area contributed by atoms with Crippen LogP contribution in [0.5, 0.6) is 0 Å². The number of anilines is 1. The first-order valence-corrected chi connectivity index (χ1v) is 7.61. The zero-order valence-corrected chi connectivity index (χ0v) is 13.3. The average molecular weight is 361 g/mol. The fourth-order valence-electron chi connectivity index (χ4n) is 1.21. The van der Waals surface area contributed by atoms with Crippen LogP contribution in [0.15, 0.2) is 33.0 Å².